The van der Waals surface area contributed by atoms with Crippen LogP contribution in [-0.4, -0.2) is 55.7 Å². The van der Waals surface area contributed by atoms with E-state index in [1.807, 2.05) is 54.8 Å². The van der Waals surface area contributed by atoms with Crippen molar-refractivity contribution in [2.75, 3.05) is 26.5 Å². The third-order valence-corrected chi connectivity index (χ3v) is 6.92. The van der Waals surface area contributed by atoms with Crippen molar-refractivity contribution in [1.29, 1.82) is 5.26 Å². The van der Waals surface area contributed by atoms with Crippen molar-refractivity contribution in [2.45, 2.75) is 32.7 Å². The topological polar surface area (TPSA) is 104 Å². The standard InChI is InChI=1S/C23H28N4O4S/c1-16-12-18(17(2)27(16)21-7-9-22(31-3)10-8-21)13-19(14-24)23(28)25-20-6-5-11-26(15-20)32(4,29)30/h7-10,12-13,20H,5-6,11,15H2,1-4H3,(H,25,28)/b19-13-. The number of hydrogen-bond donors (Lipinski definition) is 1. The van der Waals surface area contributed by atoms with Crippen molar-refractivity contribution < 1.29 is 17.9 Å². The summed E-state index contributed by atoms with van der Waals surface area (Å²) in [6.45, 7) is 4.56. The van der Waals surface area contributed by atoms with E-state index in [-0.39, 0.29) is 18.2 Å². The first-order valence-electron chi connectivity index (χ1n) is 10.3. The van der Waals surface area contributed by atoms with E-state index >= 15 is 0 Å². The Bertz CT molecular complexity index is 1170. The van der Waals surface area contributed by atoms with Gasteiger partial charge in [-0.15, -0.1) is 0 Å². The molecule has 0 aliphatic carbocycles. The van der Waals surface area contributed by atoms with E-state index in [4.69, 9.17) is 4.74 Å². The molecular formula is C23H28N4O4S. The second kappa shape index (κ2) is 9.59. The maximum atomic E-state index is 12.8. The van der Waals surface area contributed by atoms with Crippen LogP contribution in [0.15, 0.2) is 35.9 Å². The van der Waals surface area contributed by atoms with Gasteiger partial charge in [0.15, 0.2) is 0 Å². The molecule has 0 radical (unpaired) electrons. The maximum absolute atomic E-state index is 12.8. The third kappa shape index (κ3) is 5.21. The van der Waals surface area contributed by atoms with Gasteiger partial charge >= 0.3 is 0 Å². The smallest absolute Gasteiger partial charge is 0.262 e. The van der Waals surface area contributed by atoms with Gasteiger partial charge in [-0.05, 0) is 68.7 Å². The fourth-order valence-electron chi connectivity index (χ4n) is 3.99. The lowest BCUT2D eigenvalue weighted by atomic mass is 10.1. The largest absolute Gasteiger partial charge is 0.497 e. The number of piperidine rings is 1. The van der Waals surface area contributed by atoms with Crippen molar-refractivity contribution in [3.63, 3.8) is 0 Å². The molecule has 1 saturated heterocycles. The minimum Gasteiger partial charge on any atom is -0.497 e. The fourth-order valence-corrected chi connectivity index (χ4v) is 4.90. The number of methoxy groups -OCH3 is 1. The van der Waals surface area contributed by atoms with Gasteiger partial charge in [0.05, 0.1) is 13.4 Å². The Morgan fingerprint density at radius 2 is 1.97 bits per heavy atom. The molecule has 1 amide bonds. The van der Waals surface area contributed by atoms with Crippen molar-refractivity contribution in [3.05, 3.63) is 52.9 Å². The Kier molecular flexibility index (Phi) is 7.06. The van der Waals surface area contributed by atoms with E-state index in [9.17, 15) is 18.5 Å². The Morgan fingerprint density at radius 1 is 1.28 bits per heavy atom. The highest BCUT2D eigenvalue weighted by Gasteiger charge is 2.27. The molecule has 1 aliphatic heterocycles. The summed E-state index contributed by atoms with van der Waals surface area (Å²) in [6, 6.07) is 11.2. The predicted molar refractivity (Wildman–Crippen MR) is 123 cm³/mol. The molecule has 3 rings (SSSR count). The van der Waals surface area contributed by atoms with Crippen LogP contribution in [0.25, 0.3) is 11.8 Å². The number of nitriles is 1. The average Bonchev–Trinajstić information content (AvgIpc) is 3.04. The highest BCUT2D eigenvalue weighted by molar-refractivity contribution is 7.88. The lowest BCUT2D eigenvalue weighted by Gasteiger charge is -2.31. The monoisotopic (exact) mass is 456 g/mol. The zero-order valence-corrected chi connectivity index (χ0v) is 19.6. The third-order valence-electron chi connectivity index (χ3n) is 5.65. The summed E-state index contributed by atoms with van der Waals surface area (Å²) in [4.78, 5) is 12.8. The van der Waals surface area contributed by atoms with Gasteiger partial charge in [-0.1, -0.05) is 0 Å². The molecule has 9 heteroatoms. The van der Waals surface area contributed by atoms with Gasteiger partial charge in [0, 0.05) is 36.2 Å². The molecule has 1 aromatic heterocycles. The number of hydrogen-bond acceptors (Lipinski definition) is 5. The summed E-state index contributed by atoms with van der Waals surface area (Å²) in [5, 5.41) is 12.4. The summed E-state index contributed by atoms with van der Waals surface area (Å²) in [6.07, 6.45) is 4.07. The average molecular weight is 457 g/mol. The van der Waals surface area contributed by atoms with Crippen LogP contribution in [0, 0.1) is 25.2 Å². The highest BCUT2D eigenvalue weighted by atomic mass is 32.2. The molecule has 1 fully saturated rings. The number of carbonyl (C=O) groups excluding carboxylic acids is 1. The number of benzene rings is 1. The molecule has 170 valence electrons. The van der Waals surface area contributed by atoms with Crippen molar-refractivity contribution >= 4 is 22.0 Å². The van der Waals surface area contributed by atoms with E-state index in [1.54, 1.807) is 13.2 Å². The first kappa shape index (κ1) is 23.6. The molecule has 1 aromatic carbocycles. The first-order chi connectivity index (χ1) is 15.1. The van der Waals surface area contributed by atoms with Crippen LogP contribution in [0.4, 0.5) is 0 Å². The summed E-state index contributed by atoms with van der Waals surface area (Å²) >= 11 is 0. The number of sulfonamides is 1. The van der Waals surface area contributed by atoms with Crippen LogP contribution in [0.3, 0.4) is 0 Å². The summed E-state index contributed by atoms with van der Waals surface area (Å²) in [7, 11) is -1.70. The van der Waals surface area contributed by atoms with E-state index in [2.05, 4.69) is 5.32 Å². The van der Waals surface area contributed by atoms with Gasteiger partial charge in [-0.2, -0.15) is 5.26 Å². The van der Waals surface area contributed by atoms with Gasteiger partial charge in [0.1, 0.15) is 17.4 Å². The summed E-state index contributed by atoms with van der Waals surface area (Å²) < 4.78 is 32.2. The maximum Gasteiger partial charge on any atom is 0.262 e. The molecule has 1 unspecified atom stereocenters. The molecule has 1 atom stereocenters. The molecule has 0 saturated carbocycles. The number of amides is 1. The van der Waals surface area contributed by atoms with E-state index in [1.165, 1.54) is 4.31 Å². The zero-order chi connectivity index (χ0) is 23.5. The number of carbonyl (C=O) groups is 1. The number of nitrogens with zero attached hydrogens (tertiary/aromatic N) is 3. The van der Waals surface area contributed by atoms with Crippen LogP contribution in [0.5, 0.6) is 5.75 Å². The van der Waals surface area contributed by atoms with Crippen molar-refractivity contribution in [1.82, 2.24) is 14.2 Å². The Balaban J connectivity index is 1.81. The molecule has 8 nitrogen and oxygen atoms in total. The minimum atomic E-state index is -3.32. The normalized spacial score (nSPS) is 17.6. The van der Waals surface area contributed by atoms with Crippen LogP contribution in [0.2, 0.25) is 0 Å². The van der Waals surface area contributed by atoms with E-state index in [0.29, 0.717) is 19.4 Å². The van der Waals surface area contributed by atoms with Crippen LogP contribution in [0.1, 0.15) is 29.8 Å². The first-order valence-corrected chi connectivity index (χ1v) is 12.2. The molecule has 2 heterocycles. The fraction of sp³-hybridized carbons (Fsp3) is 0.391. The number of nitrogens with one attached hydrogen (secondary N) is 1. The summed E-state index contributed by atoms with van der Waals surface area (Å²) in [5.74, 6) is 0.263. The van der Waals surface area contributed by atoms with Crippen LogP contribution in [-0.2, 0) is 14.8 Å². The van der Waals surface area contributed by atoms with Gasteiger partial charge in [0.25, 0.3) is 5.91 Å². The SMILES string of the molecule is COc1ccc(-n2c(C)cc(/C=C(/C#N)C(=O)NC3CCCN(S(C)(=O)=O)C3)c2C)cc1. The highest BCUT2D eigenvalue weighted by Crippen LogP contribution is 2.24. The Labute approximate surface area is 189 Å². The van der Waals surface area contributed by atoms with Gasteiger partial charge in [-0.25, -0.2) is 12.7 Å². The van der Waals surface area contributed by atoms with Gasteiger partial charge in [-0.3, -0.25) is 4.79 Å². The van der Waals surface area contributed by atoms with Gasteiger partial charge < -0.3 is 14.6 Å². The molecule has 0 bridgehead atoms. The predicted octanol–water partition coefficient (Wildman–Crippen LogP) is 2.55. The molecular weight excluding hydrogens is 428 g/mol. The summed E-state index contributed by atoms with van der Waals surface area (Å²) in [5.41, 5.74) is 3.57. The zero-order valence-electron chi connectivity index (χ0n) is 18.8. The van der Waals surface area contributed by atoms with E-state index < -0.39 is 15.9 Å². The Hall–Kier alpha value is -3.09. The second-order valence-corrected chi connectivity index (χ2v) is 9.95. The molecule has 1 N–H and O–H groups in total. The van der Waals surface area contributed by atoms with Crippen molar-refractivity contribution in [3.8, 4) is 17.5 Å². The molecule has 32 heavy (non-hydrogen) atoms. The van der Waals surface area contributed by atoms with Gasteiger partial charge in [0.2, 0.25) is 10.0 Å². The lowest BCUT2D eigenvalue weighted by Crippen LogP contribution is -2.49. The van der Waals surface area contributed by atoms with Crippen LogP contribution < -0.4 is 10.1 Å². The number of rotatable bonds is 6. The number of aryl methyl sites for hydroxylation is 1. The van der Waals surface area contributed by atoms with E-state index in [0.717, 1.165) is 34.6 Å². The molecule has 2 aromatic rings. The minimum absolute atomic E-state index is 0.0172. The molecule has 1 aliphatic rings. The number of aromatic nitrogens is 1. The second-order valence-electron chi connectivity index (χ2n) is 7.96. The van der Waals surface area contributed by atoms with Crippen molar-refractivity contribution in [2.24, 2.45) is 0 Å². The van der Waals surface area contributed by atoms with Crippen LogP contribution >= 0.6 is 0 Å². The Morgan fingerprint density at radius 3 is 2.56 bits per heavy atom. The quantitative estimate of drug-likeness (QED) is 0.531. The lowest BCUT2D eigenvalue weighted by molar-refractivity contribution is -0.118. The molecule has 0 spiro atoms. The number of ether oxygens (including phenoxy) is 1.